The minimum atomic E-state index is -3.59. The van der Waals surface area contributed by atoms with E-state index in [4.69, 9.17) is 16.7 Å². The molecule has 0 fully saturated rings. The molecule has 1 rings (SSSR count). The van der Waals surface area contributed by atoms with E-state index in [1.165, 1.54) is 18.2 Å². The number of nitrogens with zero attached hydrogens (tertiary/aromatic N) is 1. The third-order valence-corrected chi connectivity index (χ3v) is 4.81. The lowest BCUT2D eigenvalue weighted by atomic mass is 10.2. The highest BCUT2D eigenvalue weighted by Gasteiger charge is 2.18. The van der Waals surface area contributed by atoms with Crippen LogP contribution >= 0.6 is 11.6 Å². The van der Waals surface area contributed by atoms with Gasteiger partial charge in [0.25, 0.3) is 0 Å². The maximum Gasteiger partial charge on any atom is 0.240 e. The molecule has 0 amide bonds. The van der Waals surface area contributed by atoms with E-state index in [1.807, 2.05) is 25.9 Å². The van der Waals surface area contributed by atoms with E-state index >= 15 is 0 Å². The van der Waals surface area contributed by atoms with Crippen LogP contribution in [-0.4, -0.2) is 45.1 Å². The fourth-order valence-electron chi connectivity index (χ4n) is 1.67. The Morgan fingerprint density at radius 1 is 1.40 bits per heavy atom. The molecule has 0 aliphatic heterocycles. The van der Waals surface area contributed by atoms with Crippen molar-refractivity contribution in [1.82, 2.24) is 9.62 Å². The van der Waals surface area contributed by atoms with Gasteiger partial charge in [0.2, 0.25) is 10.0 Å². The van der Waals surface area contributed by atoms with E-state index in [1.54, 1.807) is 0 Å². The molecule has 0 spiro atoms. The highest BCUT2D eigenvalue weighted by atomic mass is 35.5. The van der Waals surface area contributed by atoms with E-state index in [0.717, 1.165) is 6.54 Å². The Balaban J connectivity index is 2.81. The first-order valence-corrected chi connectivity index (χ1v) is 8.18. The smallest absolute Gasteiger partial charge is 0.240 e. The van der Waals surface area contributed by atoms with Gasteiger partial charge in [0.1, 0.15) is 0 Å². The zero-order valence-electron chi connectivity index (χ0n) is 11.9. The Kier molecular flexibility index (Phi) is 6.42. The number of sulfonamides is 1. The van der Waals surface area contributed by atoms with E-state index in [9.17, 15) is 8.42 Å². The highest BCUT2D eigenvalue weighted by molar-refractivity contribution is 7.89. The highest BCUT2D eigenvalue weighted by Crippen LogP contribution is 2.21. The van der Waals surface area contributed by atoms with Gasteiger partial charge in [0, 0.05) is 11.1 Å². The van der Waals surface area contributed by atoms with E-state index < -0.39 is 10.0 Å². The normalized spacial score (nSPS) is 13.7. The van der Waals surface area contributed by atoms with Crippen molar-refractivity contribution in [1.29, 1.82) is 0 Å². The molecule has 7 heteroatoms. The summed E-state index contributed by atoms with van der Waals surface area (Å²) in [6, 6.07) is 4.15. The number of aliphatic hydroxyl groups excluding tert-OH is 1. The van der Waals surface area contributed by atoms with Crippen molar-refractivity contribution in [3.63, 3.8) is 0 Å². The second-order valence-electron chi connectivity index (χ2n) is 5.03. The molecule has 2 N–H and O–H groups in total. The van der Waals surface area contributed by atoms with Gasteiger partial charge >= 0.3 is 0 Å². The molecule has 1 aromatic carbocycles. The van der Waals surface area contributed by atoms with Crippen LogP contribution in [-0.2, 0) is 16.6 Å². The maximum absolute atomic E-state index is 12.2. The van der Waals surface area contributed by atoms with Crippen LogP contribution in [0.3, 0.4) is 0 Å². The first-order valence-electron chi connectivity index (χ1n) is 6.32. The van der Waals surface area contributed by atoms with Crippen molar-refractivity contribution in [2.45, 2.75) is 30.9 Å². The van der Waals surface area contributed by atoms with Crippen molar-refractivity contribution in [2.75, 3.05) is 20.6 Å². The van der Waals surface area contributed by atoms with Gasteiger partial charge in [-0.2, -0.15) is 0 Å². The fourth-order valence-corrected chi connectivity index (χ4v) is 3.28. The third kappa shape index (κ3) is 5.03. The first-order chi connectivity index (χ1) is 9.26. The molecule has 0 aromatic heterocycles. The number of rotatable bonds is 7. The molecule has 5 nitrogen and oxygen atoms in total. The average Bonchev–Trinajstić information content (AvgIpc) is 2.35. The molecule has 1 atom stereocenters. The van der Waals surface area contributed by atoms with Crippen LogP contribution in [0.25, 0.3) is 0 Å². The van der Waals surface area contributed by atoms with Crippen LogP contribution < -0.4 is 4.72 Å². The molecule has 0 heterocycles. The lowest BCUT2D eigenvalue weighted by Gasteiger charge is -2.17. The molecule has 0 aliphatic rings. The number of nitrogens with one attached hydrogen (secondary N) is 1. The summed E-state index contributed by atoms with van der Waals surface area (Å²) in [5.74, 6) is 0. The largest absolute Gasteiger partial charge is 0.392 e. The Hall–Kier alpha value is -0.660. The van der Waals surface area contributed by atoms with Crippen molar-refractivity contribution in [3.8, 4) is 0 Å². The summed E-state index contributed by atoms with van der Waals surface area (Å²) < 4.78 is 27.0. The van der Waals surface area contributed by atoms with Crippen LogP contribution in [0.5, 0.6) is 0 Å². The SMILES string of the molecule is CC(CCN(C)C)NS(=O)(=O)c1ccc(CO)c(Cl)c1. The predicted molar refractivity (Wildman–Crippen MR) is 80.3 cm³/mol. The second-order valence-corrected chi connectivity index (χ2v) is 7.15. The number of halogens is 1. The Morgan fingerprint density at radius 2 is 2.05 bits per heavy atom. The van der Waals surface area contributed by atoms with E-state index in [-0.39, 0.29) is 22.6 Å². The lowest BCUT2D eigenvalue weighted by molar-refractivity contribution is 0.282. The van der Waals surface area contributed by atoms with Gasteiger partial charge in [-0.25, -0.2) is 13.1 Å². The van der Waals surface area contributed by atoms with Crippen LogP contribution in [0, 0.1) is 0 Å². The van der Waals surface area contributed by atoms with Gasteiger partial charge in [-0.3, -0.25) is 0 Å². The quantitative estimate of drug-likeness (QED) is 0.798. The summed E-state index contributed by atoms with van der Waals surface area (Å²) >= 11 is 5.92. The van der Waals surface area contributed by atoms with Gasteiger partial charge in [-0.15, -0.1) is 0 Å². The van der Waals surface area contributed by atoms with Crippen molar-refractivity contribution in [2.24, 2.45) is 0 Å². The number of benzene rings is 1. The van der Waals surface area contributed by atoms with E-state index in [0.29, 0.717) is 12.0 Å². The van der Waals surface area contributed by atoms with Crippen molar-refractivity contribution in [3.05, 3.63) is 28.8 Å². The monoisotopic (exact) mass is 320 g/mol. The maximum atomic E-state index is 12.2. The van der Waals surface area contributed by atoms with Crippen LogP contribution in [0.15, 0.2) is 23.1 Å². The Bertz CT molecular complexity index is 547. The molecule has 20 heavy (non-hydrogen) atoms. The zero-order valence-corrected chi connectivity index (χ0v) is 13.5. The predicted octanol–water partition coefficient (Wildman–Crippen LogP) is 1.45. The molecule has 0 saturated heterocycles. The molecular formula is C13H21ClN2O3S. The fraction of sp³-hybridized carbons (Fsp3) is 0.538. The third-order valence-electron chi connectivity index (χ3n) is 2.87. The summed E-state index contributed by atoms with van der Waals surface area (Å²) in [7, 11) is 0.289. The van der Waals surface area contributed by atoms with Crippen molar-refractivity contribution < 1.29 is 13.5 Å². The number of hydrogen-bond donors (Lipinski definition) is 2. The van der Waals surface area contributed by atoms with E-state index in [2.05, 4.69) is 4.72 Å². The van der Waals surface area contributed by atoms with Gasteiger partial charge in [0.15, 0.2) is 0 Å². The molecular weight excluding hydrogens is 300 g/mol. The Morgan fingerprint density at radius 3 is 2.55 bits per heavy atom. The summed E-state index contributed by atoms with van der Waals surface area (Å²) in [4.78, 5) is 2.11. The standard InChI is InChI=1S/C13H21ClN2O3S/c1-10(6-7-16(2)3)15-20(18,19)12-5-4-11(9-17)13(14)8-12/h4-5,8,10,15,17H,6-7,9H2,1-3H3. The number of hydrogen-bond acceptors (Lipinski definition) is 4. The summed E-state index contributed by atoms with van der Waals surface area (Å²) in [5.41, 5.74) is 0.506. The summed E-state index contributed by atoms with van der Waals surface area (Å²) in [5, 5.41) is 9.27. The van der Waals surface area contributed by atoms with Gasteiger partial charge in [-0.1, -0.05) is 17.7 Å². The van der Waals surface area contributed by atoms with Crippen LogP contribution in [0.4, 0.5) is 0 Å². The zero-order chi connectivity index (χ0) is 15.3. The van der Waals surface area contributed by atoms with Gasteiger partial charge in [0.05, 0.1) is 11.5 Å². The molecule has 0 radical (unpaired) electrons. The Labute approximate surface area is 125 Å². The second kappa shape index (κ2) is 7.38. The first kappa shape index (κ1) is 17.4. The van der Waals surface area contributed by atoms with Gasteiger partial charge < -0.3 is 10.0 Å². The van der Waals surface area contributed by atoms with Gasteiger partial charge in [-0.05, 0) is 51.7 Å². The average molecular weight is 321 g/mol. The number of aliphatic hydroxyl groups is 1. The molecule has 114 valence electrons. The summed E-state index contributed by atoms with van der Waals surface area (Å²) in [6.07, 6.45) is 0.717. The van der Waals surface area contributed by atoms with Crippen molar-refractivity contribution >= 4 is 21.6 Å². The molecule has 1 unspecified atom stereocenters. The summed E-state index contributed by atoms with van der Waals surface area (Å²) in [6.45, 7) is 2.41. The van der Waals surface area contributed by atoms with Crippen LogP contribution in [0.1, 0.15) is 18.9 Å². The minimum absolute atomic E-state index is 0.108. The molecule has 0 aliphatic carbocycles. The molecule has 0 bridgehead atoms. The molecule has 0 saturated carbocycles. The lowest BCUT2D eigenvalue weighted by Crippen LogP contribution is -2.34. The van der Waals surface area contributed by atoms with Crippen LogP contribution in [0.2, 0.25) is 5.02 Å². The molecule has 1 aromatic rings. The topological polar surface area (TPSA) is 69.6 Å². The minimum Gasteiger partial charge on any atom is -0.392 e.